The highest BCUT2D eigenvalue weighted by atomic mass is 35.5. The first-order valence-corrected chi connectivity index (χ1v) is 12.2. The first-order chi connectivity index (χ1) is 17.4. The number of hydrogen-bond acceptors (Lipinski definition) is 6. The van der Waals surface area contributed by atoms with Crippen molar-refractivity contribution in [2.45, 2.75) is 19.6 Å². The molecule has 1 aliphatic rings. The molecule has 10 heteroatoms. The fourth-order valence-electron chi connectivity index (χ4n) is 4.16. The van der Waals surface area contributed by atoms with E-state index in [2.05, 4.69) is 9.98 Å². The van der Waals surface area contributed by atoms with E-state index in [4.69, 9.17) is 16.3 Å². The number of nitrogens with one attached hydrogen (secondary N) is 1. The molecule has 36 heavy (non-hydrogen) atoms. The number of ether oxygens (including phenoxy) is 1. The van der Waals surface area contributed by atoms with Crippen molar-refractivity contribution in [3.05, 3.63) is 104 Å². The molecule has 4 aromatic rings. The van der Waals surface area contributed by atoms with E-state index in [0.29, 0.717) is 39.2 Å². The number of nitrogens with zero attached hydrogens (tertiary/aromatic N) is 2. The van der Waals surface area contributed by atoms with Crippen molar-refractivity contribution in [2.24, 2.45) is 4.99 Å². The van der Waals surface area contributed by atoms with Crippen LogP contribution in [0.1, 0.15) is 22.3 Å². The summed E-state index contributed by atoms with van der Waals surface area (Å²) in [6.07, 6.45) is 6.69. The molecule has 3 aromatic heterocycles. The van der Waals surface area contributed by atoms with E-state index in [0.717, 1.165) is 28.0 Å². The molecule has 1 aromatic carbocycles. The average molecular weight is 522 g/mol. The molecule has 0 saturated carbocycles. The second kappa shape index (κ2) is 9.98. The lowest BCUT2D eigenvalue weighted by atomic mass is 10.00. The average Bonchev–Trinajstić information content (AvgIpc) is 3.41. The van der Waals surface area contributed by atoms with Gasteiger partial charge in [-0.1, -0.05) is 47.2 Å². The maximum atomic E-state index is 12.3. The summed E-state index contributed by atoms with van der Waals surface area (Å²) in [5, 5.41) is 21.0. The van der Waals surface area contributed by atoms with Gasteiger partial charge >= 0.3 is 6.09 Å². The van der Waals surface area contributed by atoms with E-state index >= 15 is 0 Å². The normalized spacial score (nSPS) is 13.7. The van der Waals surface area contributed by atoms with Gasteiger partial charge in [0.05, 0.1) is 34.3 Å². The summed E-state index contributed by atoms with van der Waals surface area (Å²) in [5.74, 6) is -0.0160. The fourth-order valence-corrected chi connectivity index (χ4v) is 5.03. The molecule has 182 valence electrons. The minimum Gasteiger partial charge on any atom is -0.494 e. The Morgan fingerprint density at radius 1 is 1.25 bits per heavy atom. The number of aliphatic hydroxyl groups excluding tert-OH is 1. The first kappa shape index (κ1) is 23.8. The maximum absolute atomic E-state index is 12.3. The Hall–Kier alpha value is -3.92. The predicted molar refractivity (Wildman–Crippen MR) is 138 cm³/mol. The Labute approximate surface area is 214 Å². The number of hydrogen-bond donors (Lipinski definition) is 3. The number of halogens is 1. The Morgan fingerprint density at radius 3 is 2.89 bits per heavy atom. The molecule has 0 aliphatic heterocycles. The van der Waals surface area contributed by atoms with Crippen LogP contribution in [0.15, 0.2) is 76.8 Å². The predicted octanol–water partition coefficient (Wildman–Crippen LogP) is 4.90. The summed E-state index contributed by atoms with van der Waals surface area (Å²) in [7, 11) is 0. The van der Waals surface area contributed by atoms with Gasteiger partial charge < -0.3 is 24.5 Å². The summed E-state index contributed by atoms with van der Waals surface area (Å²) in [4.78, 5) is 31.0. The number of carbonyl (C=O) groups is 1. The number of allylic oxidation sites excluding steroid dienone is 2. The number of aromatic nitrogens is 2. The van der Waals surface area contributed by atoms with Gasteiger partial charge in [-0.3, -0.25) is 4.79 Å². The van der Waals surface area contributed by atoms with Gasteiger partial charge in [-0.2, -0.15) is 4.99 Å². The van der Waals surface area contributed by atoms with E-state index in [9.17, 15) is 19.8 Å². The second-order valence-corrected chi connectivity index (χ2v) is 9.75. The van der Waals surface area contributed by atoms with Gasteiger partial charge in [0.2, 0.25) is 5.88 Å². The lowest BCUT2D eigenvalue weighted by Crippen LogP contribution is -2.13. The Morgan fingerprint density at radius 2 is 2.11 bits per heavy atom. The van der Waals surface area contributed by atoms with Crippen LogP contribution < -0.4 is 10.3 Å². The number of aromatic hydroxyl groups is 1. The van der Waals surface area contributed by atoms with Crippen LogP contribution >= 0.6 is 22.9 Å². The summed E-state index contributed by atoms with van der Waals surface area (Å²) in [5.41, 5.74) is 3.86. The highest BCUT2D eigenvalue weighted by Crippen LogP contribution is 2.32. The molecule has 0 atom stereocenters. The van der Waals surface area contributed by atoms with Gasteiger partial charge in [-0.15, -0.1) is 0 Å². The third-order valence-corrected chi connectivity index (χ3v) is 6.87. The summed E-state index contributed by atoms with van der Waals surface area (Å²) >= 11 is 7.00. The number of carbonyl (C=O) groups excluding carboxylic acids is 1. The van der Waals surface area contributed by atoms with Gasteiger partial charge in [-0.25, -0.2) is 4.79 Å². The van der Waals surface area contributed by atoms with E-state index in [1.54, 1.807) is 35.0 Å². The van der Waals surface area contributed by atoms with E-state index in [1.165, 1.54) is 0 Å². The number of H-pyrrole nitrogens is 1. The quantitative estimate of drug-likeness (QED) is 0.345. The van der Waals surface area contributed by atoms with E-state index in [1.807, 2.05) is 36.5 Å². The smallest absolute Gasteiger partial charge is 0.440 e. The first-order valence-electron chi connectivity index (χ1n) is 11.0. The largest absolute Gasteiger partial charge is 0.494 e. The number of benzene rings is 1. The zero-order valence-corrected chi connectivity index (χ0v) is 20.3. The lowest BCUT2D eigenvalue weighted by Gasteiger charge is -2.11. The van der Waals surface area contributed by atoms with Crippen molar-refractivity contribution in [2.75, 3.05) is 0 Å². The molecule has 8 nitrogen and oxygen atoms in total. The third-order valence-electron chi connectivity index (χ3n) is 5.76. The maximum Gasteiger partial charge on any atom is 0.440 e. The molecule has 0 unspecified atom stereocenters. The fraction of sp³-hybridized carbons (Fsp3) is 0.115. The lowest BCUT2D eigenvalue weighted by molar-refractivity contribution is 0.213. The van der Waals surface area contributed by atoms with Crippen molar-refractivity contribution in [1.29, 1.82) is 0 Å². The number of aliphatic imine (C=N–C) groups is 1. The second-order valence-electron chi connectivity index (χ2n) is 8.07. The topological polar surface area (TPSA) is 117 Å². The molecule has 0 spiro atoms. The van der Waals surface area contributed by atoms with Crippen LogP contribution in [-0.2, 0) is 19.6 Å². The zero-order chi connectivity index (χ0) is 25.2. The number of fused-ring (bicyclic) bond motifs is 1. The van der Waals surface area contributed by atoms with Crippen molar-refractivity contribution in [1.82, 2.24) is 9.55 Å². The number of rotatable bonds is 5. The highest BCUT2D eigenvalue weighted by molar-refractivity contribution is 7.17. The Kier molecular flexibility index (Phi) is 6.60. The molecule has 0 radical (unpaired) electrons. The zero-order valence-electron chi connectivity index (χ0n) is 18.8. The third kappa shape index (κ3) is 4.76. The highest BCUT2D eigenvalue weighted by Gasteiger charge is 2.22. The molecule has 0 bridgehead atoms. The molecule has 5 rings (SSSR count). The van der Waals surface area contributed by atoms with Crippen LogP contribution in [0.4, 0.5) is 4.79 Å². The molecule has 1 aliphatic carbocycles. The number of amides is 1. The Balaban J connectivity index is 1.42. The van der Waals surface area contributed by atoms with Gasteiger partial charge in [0.1, 0.15) is 0 Å². The molecule has 1 amide bonds. The monoisotopic (exact) mass is 521 g/mol. The SMILES string of the molecule is O=C(N=C1C=CCc2cn(Cc3cccc(-c4cc[nH]c(=O)c4CO)c3)c(O)c21)Oc1ccc(Cl)s1. The molecular weight excluding hydrogens is 502 g/mol. The molecule has 0 fully saturated rings. The van der Waals surface area contributed by atoms with Crippen LogP contribution in [0.25, 0.3) is 11.1 Å². The van der Waals surface area contributed by atoms with Gasteiger partial charge in [-0.05, 0) is 59.0 Å². The summed E-state index contributed by atoms with van der Waals surface area (Å²) in [6.45, 7) is -0.0341. The van der Waals surface area contributed by atoms with Crippen molar-refractivity contribution >= 4 is 34.7 Å². The van der Waals surface area contributed by atoms with Crippen LogP contribution in [-0.4, -0.2) is 31.6 Å². The summed E-state index contributed by atoms with van der Waals surface area (Å²) < 4.78 is 7.40. The van der Waals surface area contributed by atoms with Gasteiger partial charge in [0.15, 0.2) is 5.06 Å². The standard InChI is InChI=1S/C26H20ClN3O5S/c27-21-7-8-22(36-21)35-26(34)29-20-6-2-5-17-13-30(25(33)23(17)20)12-15-3-1-4-16(11-15)18-9-10-28-24(32)19(18)14-31/h1-4,6-11,13,31,33H,5,12,14H2,(H,28,32). The number of aromatic amines is 1. The van der Waals surface area contributed by atoms with Crippen molar-refractivity contribution < 1.29 is 19.7 Å². The number of pyridine rings is 1. The number of aliphatic hydroxyl groups is 1. The van der Waals surface area contributed by atoms with Gasteiger partial charge in [0, 0.05) is 12.4 Å². The molecule has 0 saturated heterocycles. The van der Waals surface area contributed by atoms with Crippen molar-refractivity contribution in [3.8, 4) is 22.1 Å². The van der Waals surface area contributed by atoms with E-state index < -0.39 is 6.09 Å². The van der Waals surface area contributed by atoms with E-state index in [-0.39, 0.29) is 23.6 Å². The van der Waals surface area contributed by atoms with Crippen LogP contribution in [0, 0.1) is 0 Å². The van der Waals surface area contributed by atoms with Crippen LogP contribution in [0.2, 0.25) is 4.34 Å². The molecular formula is C26H20ClN3O5S. The minimum atomic E-state index is -0.807. The minimum absolute atomic E-state index is 0.0160. The van der Waals surface area contributed by atoms with Crippen molar-refractivity contribution in [3.63, 3.8) is 0 Å². The molecule has 3 heterocycles. The molecule has 3 N–H and O–H groups in total. The van der Waals surface area contributed by atoms with Crippen LogP contribution in [0.3, 0.4) is 0 Å². The number of thiophene rings is 1. The van der Waals surface area contributed by atoms with Crippen LogP contribution in [0.5, 0.6) is 10.9 Å². The Bertz CT molecular complexity index is 1580. The van der Waals surface area contributed by atoms with Gasteiger partial charge in [0.25, 0.3) is 5.56 Å². The summed E-state index contributed by atoms with van der Waals surface area (Å²) in [6, 6.07) is 12.5.